The van der Waals surface area contributed by atoms with Crippen LogP contribution in [0.2, 0.25) is 0 Å². The molecule has 1 N–H and O–H groups in total. The maximum Gasteiger partial charge on any atom is 0.157 e. The number of benzene rings is 2. The van der Waals surface area contributed by atoms with Gasteiger partial charge in [0.2, 0.25) is 0 Å². The Bertz CT molecular complexity index is 807. The monoisotopic (exact) mass is 320 g/mol. The molecule has 1 unspecified atom stereocenters. The molecule has 0 aliphatic rings. The first-order valence-corrected chi connectivity index (χ1v) is 7.78. The first-order chi connectivity index (χ1) is 11.7. The first kappa shape index (κ1) is 15.9. The molecule has 3 aromatic rings. The first-order valence-electron chi connectivity index (χ1n) is 7.78. The highest BCUT2D eigenvalue weighted by molar-refractivity contribution is 5.40. The summed E-state index contributed by atoms with van der Waals surface area (Å²) in [6.07, 6.45) is 3.31. The molecule has 0 spiro atoms. The van der Waals surface area contributed by atoms with Crippen molar-refractivity contribution in [3.8, 4) is 11.5 Å². The minimum Gasteiger partial charge on any atom is -0.504 e. The van der Waals surface area contributed by atoms with E-state index in [1.54, 1.807) is 7.11 Å². The number of aromatic nitrogens is 2. The molecular formula is C20H20N2O2. The molecule has 4 nitrogen and oxygen atoms in total. The van der Waals surface area contributed by atoms with Crippen molar-refractivity contribution in [2.45, 2.75) is 12.5 Å². The van der Waals surface area contributed by atoms with Gasteiger partial charge in [-0.15, -0.1) is 6.58 Å². The smallest absolute Gasteiger partial charge is 0.157 e. The van der Waals surface area contributed by atoms with Crippen LogP contribution in [0.3, 0.4) is 0 Å². The van der Waals surface area contributed by atoms with E-state index in [2.05, 4.69) is 11.7 Å². The molecule has 122 valence electrons. The Balaban J connectivity index is 1.94. The maximum atomic E-state index is 10.3. The maximum absolute atomic E-state index is 10.3. The zero-order valence-electron chi connectivity index (χ0n) is 13.6. The summed E-state index contributed by atoms with van der Waals surface area (Å²) < 4.78 is 7.00. The van der Waals surface area contributed by atoms with Gasteiger partial charge < -0.3 is 9.84 Å². The van der Waals surface area contributed by atoms with E-state index in [1.807, 2.05) is 65.4 Å². The van der Waals surface area contributed by atoms with Crippen molar-refractivity contribution in [1.29, 1.82) is 0 Å². The van der Waals surface area contributed by atoms with Crippen molar-refractivity contribution in [1.82, 2.24) is 9.78 Å². The fraction of sp³-hybridized carbons (Fsp3) is 0.150. The Kier molecular flexibility index (Phi) is 4.66. The van der Waals surface area contributed by atoms with Gasteiger partial charge in [0.1, 0.15) is 5.75 Å². The number of rotatable bonds is 6. The fourth-order valence-corrected chi connectivity index (χ4v) is 2.80. The lowest BCUT2D eigenvalue weighted by atomic mass is 9.95. The van der Waals surface area contributed by atoms with Gasteiger partial charge in [0.15, 0.2) is 5.75 Å². The molecule has 0 aliphatic carbocycles. The Labute approximate surface area is 141 Å². The van der Waals surface area contributed by atoms with Gasteiger partial charge in [-0.25, -0.2) is 0 Å². The van der Waals surface area contributed by atoms with Gasteiger partial charge in [-0.1, -0.05) is 48.5 Å². The Morgan fingerprint density at radius 1 is 1.17 bits per heavy atom. The molecule has 0 saturated carbocycles. The van der Waals surface area contributed by atoms with Gasteiger partial charge >= 0.3 is 0 Å². The second kappa shape index (κ2) is 7.04. The normalized spacial score (nSPS) is 11.9. The third-order valence-corrected chi connectivity index (χ3v) is 4.04. The van der Waals surface area contributed by atoms with Crippen molar-refractivity contribution in [2.24, 2.45) is 0 Å². The van der Waals surface area contributed by atoms with Crippen molar-refractivity contribution in [3.05, 3.63) is 90.3 Å². The van der Waals surface area contributed by atoms with Crippen LogP contribution in [-0.4, -0.2) is 22.0 Å². The summed E-state index contributed by atoms with van der Waals surface area (Å²) in [5, 5.41) is 14.6. The summed E-state index contributed by atoms with van der Waals surface area (Å²) in [6, 6.07) is 17.8. The van der Waals surface area contributed by atoms with Crippen LogP contribution in [0.15, 0.2) is 73.4 Å². The van der Waals surface area contributed by atoms with Gasteiger partial charge in [0, 0.05) is 5.92 Å². The molecule has 0 bridgehead atoms. The number of ether oxygens (including phenoxy) is 1. The highest BCUT2D eigenvalue weighted by Crippen LogP contribution is 2.32. The fourth-order valence-electron chi connectivity index (χ4n) is 2.80. The van der Waals surface area contributed by atoms with Crippen molar-refractivity contribution >= 4 is 0 Å². The zero-order valence-corrected chi connectivity index (χ0v) is 13.6. The van der Waals surface area contributed by atoms with E-state index >= 15 is 0 Å². The lowest BCUT2D eigenvalue weighted by Gasteiger charge is -2.16. The molecule has 1 atom stereocenters. The van der Waals surface area contributed by atoms with Gasteiger partial charge in [-0.3, -0.25) is 4.68 Å². The van der Waals surface area contributed by atoms with E-state index < -0.39 is 0 Å². The third-order valence-electron chi connectivity index (χ3n) is 4.04. The van der Waals surface area contributed by atoms with Gasteiger partial charge in [0.25, 0.3) is 0 Å². The van der Waals surface area contributed by atoms with Crippen LogP contribution in [0.1, 0.15) is 22.7 Å². The summed E-state index contributed by atoms with van der Waals surface area (Å²) >= 11 is 0. The highest BCUT2D eigenvalue weighted by atomic mass is 16.5. The highest BCUT2D eigenvalue weighted by Gasteiger charge is 2.20. The van der Waals surface area contributed by atoms with Gasteiger partial charge in [0.05, 0.1) is 25.5 Å². The molecule has 1 heterocycles. The molecule has 3 rings (SSSR count). The van der Waals surface area contributed by atoms with E-state index in [9.17, 15) is 5.11 Å². The standard InChI is InChI=1S/C20H20N2O2/c1-3-18(16-7-5-4-6-8-16)20-19(23)13-21-22(20)14-15-9-11-17(24-2)12-10-15/h3-13,18,23H,1,14H2,2H3. The molecular weight excluding hydrogens is 300 g/mol. The van der Waals surface area contributed by atoms with Crippen LogP contribution in [0.5, 0.6) is 11.5 Å². The van der Waals surface area contributed by atoms with E-state index in [0.717, 1.165) is 22.6 Å². The van der Waals surface area contributed by atoms with E-state index in [4.69, 9.17) is 4.74 Å². The van der Waals surface area contributed by atoms with Crippen LogP contribution in [0.4, 0.5) is 0 Å². The quantitative estimate of drug-likeness (QED) is 0.699. The molecule has 4 heteroatoms. The minimum absolute atomic E-state index is 0.119. The summed E-state index contributed by atoms with van der Waals surface area (Å²) in [5.74, 6) is 0.875. The molecule has 1 aromatic heterocycles. The molecule has 0 saturated heterocycles. The molecule has 0 aliphatic heterocycles. The number of nitrogens with zero attached hydrogens (tertiary/aromatic N) is 2. The van der Waals surface area contributed by atoms with E-state index in [0.29, 0.717) is 6.54 Å². The second-order valence-electron chi connectivity index (χ2n) is 5.54. The Morgan fingerprint density at radius 2 is 1.88 bits per heavy atom. The number of hydrogen-bond donors (Lipinski definition) is 1. The topological polar surface area (TPSA) is 47.3 Å². The lowest BCUT2D eigenvalue weighted by molar-refractivity contribution is 0.414. The van der Waals surface area contributed by atoms with Crippen molar-refractivity contribution in [2.75, 3.05) is 7.11 Å². The van der Waals surface area contributed by atoms with Crippen LogP contribution >= 0.6 is 0 Å². The van der Waals surface area contributed by atoms with E-state index in [-0.39, 0.29) is 11.7 Å². The number of aromatic hydroxyl groups is 1. The van der Waals surface area contributed by atoms with Crippen LogP contribution in [0, 0.1) is 0 Å². The molecule has 0 amide bonds. The van der Waals surface area contributed by atoms with Gasteiger partial charge in [-0.2, -0.15) is 5.10 Å². The Morgan fingerprint density at radius 3 is 2.50 bits per heavy atom. The third kappa shape index (κ3) is 3.18. The number of hydrogen-bond acceptors (Lipinski definition) is 3. The predicted molar refractivity (Wildman–Crippen MR) is 94.5 cm³/mol. The molecule has 2 aromatic carbocycles. The average Bonchev–Trinajstić information content (AvgIpc) is 2.98. The minimum atomic E-state index is -0.119. The van der Waals surface area contributed by atoms with Crippen molar-refractivity contribution < 1.29 is 9.84 Å². The summed E-state index contributed by atoms with van der Waals surface area (Å²) in [5.41, 5.74) is 2.89. The molecule has 0 radical (unpaired) electrons. The van der Waals surface area contributed by atoms with Gasteiger partial charge in [-0.05, 0) is 23.3 Å². The van der Waals surface area contributed by atoms with E-state index in [1.165, 1.54) is 6.20 Å². The lowest BCUT2D eigenvalue weighted by Crippen LogP contribution is -2.10. The largest absolute Gasteiger partial charge is 0.504 e. The van der Waals surface area contributed by atoms with Crippen molar-refractivity contribution in [3.63, 3.8) is 0 Å². The summed E-state index contributed by atoms with van der Waals surface area (Å²) in [6.45, 7) is 4.50. The van der Waals surface area contributed by atoms with Crippen LogP contribution in [0.25, 0.3) is 0 Å². The molecule has 0 fully saturated rings. The number of allylic oxidation sites excluding steroid dienone is 1. The molecule has 24 heavy (non-hydrogen) atoms. The van der Waals surface area contributed by atoms with Crippen LogP contribution in [-0.2, 0) is 6.54 Å². The number of methoxy groups -OCH3 is 1. The zero-order chi connectivity index (χ0) is 16.9. The predicted octanol–water partition coefficient (Wildman–Crippen LogP) is 3.96. The SMILES string of the molecule is C=CC(c1ccccc1)c1c(O)cnn1Cc1ccc(OC)cc1. The second-order valence-corrected chi connectivity index (χ2v) is 5.54. The average molecular weight is 320 g/mol. The van der Waals surface area contributed by atoms with Crippen LogP contribution < -0.4 is 4.74 Å². The summed E-state index contributed by atoms with van der Waals surface area (Å²) in [4.78, 5) is 0. The summed E-state index contributed by atoms with van der Waals surface area (Å²) in [7, 11) is 1.65. The Hall–Kier alpha value is -3.01.